The standard InChI is InChI=1S/C25H20F5N7O/c1-13-22-23(21(33-37(22)8-7-31-13)14-3-4-17(26)16(11-14)25(28,29)30)36-10-9-35(24(36)38)19-6-5-18-15(20(19)27)12-32-34(18)2/h3-6,9-13,31H,7-8H2,1-2H3/t13-/m1/s1. The highest BCUT2D eigenvalue weighted by Gasteiger charge is 2.35. The van der Waals surface area contributed by atoms with E-state index in [-0.39, 0.29) is 34.1 Å². The van der Waals surface area contributed by atoms with Gasteiger partial charge in [-0.25, -0.2) is 13.6 Å². The zero-order valence-electron chi connectivity index (χ0n) is 20.1. The van der Waals surface area contributed by atoms with Crippen molar-refractivity contribution in [2.24, 2.45) is 7.05 Å². The first-order valence-electron chi connectivity index (χ1n) is 11.7. The van der Waals surface area contributed by atoms with Crippen LogP contribution in [0.4, 0.5) is 22.0 Å². The van der Waals surface area contributed by atoms with E-state index in [1.165, 1.54) is 40.0 Å². The van der Waals surface area contributed by atoms with Gasteiger partial charge in [0.25, 0.3) is 0 Å². The zero-order chi connectivity index (χ0) is 26.9. The van der Waals surface area contributed by atoms with Gasteiger partial charge in [-0.05, 0) is 37.3 Å². The summed E-state index contributed by atoms with van der Waals surface area (Å²) in [4.78, 5) is 13.7. The monoisotopic (exact) mass is 529 g/mol. The Morgan fingerprint density at radius 1 is 1.08 bits per heavy atom. The quantitative estimate of drug-likeness (QED) is 0.353. The van der Waals surface area contributed by atoms with Crippen molar-refractivity contribution in [3.05, 3.63) is 82.3 Å². The average molecular weight is 529 g/mol. The molecular weight excluding hydrogens is 509 g/mol. The minimum Gasteiger partial charge on any atom is -0.307 e. The molecule has 1 aliphatic heterocycles. The highest BCUT2D eigenvalue weighted by molar-refractivity contribution is 5.82. The van der Waals surface area contributed by atoms with Crippen LogP contribution in [0.25, 0.3) is 33.5 Å². The van der Waals surface area contributed by atoms with Crippen molar-refractivity contribution in [3.8, 4) is 22.6 Å². The summed E-state index contributed by atoms with van der Waals surface area (Å²) in [5.74, 6) is -2.05. The molecule has 196 valence electrons. The van der Waals surface area contributed by atoms with Crippen LogP contribution in [0.5, 0.6) is 0 Å². The predicted octanol–water partition coefficient (Wildman–Crippen LogP) is 4.34. The van der Waals surface area contributed by atoms with Crippen molar-refractivity contribution in [1.29, 1.82) is 0 Å². The molecule has 0 bridgehead atoms. The number of hydrogen-bond donors (Lipinski definition) is 1. The van der Waals surface area contributed by atoms with Gasteiger partial charge in [-0.1, -0.05) is 0 Å². The molecule has 2 aromatic carbocycles. The van der Waals surface area contributed by atoms with Gasteiger partial charge >= 0.3 is 11.9 Å². The van der Waals surface area contributed by atoms with Gasteiger partial charge in [0.05, 0.1) is 40.6 Å². The maximum absolute atomic E-state index is 15.4. The normalized spacial score (nSPS) is 15.8. The van der Waals surface area contributed by atoms with E-state index in [1.54, 1.807) is 17.8 Å². The maximum atomic E-state index is 15.4. The van der Waals surface area contributed by atoms with Crippen molar-refractivity contribution in [2.45, 2.75) is 25.7 Å². The molecule has 0 fully saturated rings. The molecule has 6 rings (SSSR count). The first kappa shape index (κ1) is 24.1. The third kappa shape index (κ3) is 3.56. The van der Waals surface area contributed by atoms with E-state index in [2.05, 4.69) is 15.5 Å². The third-order valence-electron chi connectivity index (χ3n) is 6.82. The molecule has 38 heavy (non-hydrogen) atoms. The lowest BCUT2D eigenvalue weighted by molar-refractivity contribution is -0.139. The molecule has 0 spiro atoms. The highest BCUT2D eigenvalue weighted by Crippen LogP contribution is 2.38. The largest absolute Gasteiger partial charge is 0.419 e. The van der Waals surface area contributed by atoms with E-state index in [0.717, 1.165) is 10.6 Å². The molecule has 0 saturated carbocycles. The molecule has 5 aromatic rings. The van der Waals surface area contributed by atoms with E-state index in [0.29, 0.717) is 30.4 Å². The second-order valence-corrected chi connectivity index (χ2v) is 9.09. The van der Waals surface area contributed by atoms with Crippen LogP contribution < -0.4 is 11.0 Å². The van der Waals surface area contributed by atoms with Crippen LogP contribution in [0.1, 0.15) is 24.2 Å². The minimum absolute atomic E-state index is 0.00886. The SMILES string of the molecule is C[C@H]1NCCn2nc(-c3ccc(F)c(C(F)(F)F)c3)c(-n3ccn(-c4ccc5c(cnn5C)c4F)c3=O)c21. The molecule has 4 heterocycles. The van der Waals surface area contributed by atoms with Crippen LogP contribution in [-0.2, 0) is 19.8 Å². The van der Waals surface area contributed by atoms with Crippen LogP contribution in [0, 0.1) is 11.6 Å². The van der Waals surface area contributed by atoms with Gasteiger partial charge in [-0.15, -0.1) is 0 Å². The van der Waals surface area contributed by atoms with Crippen LogP contribution in [0.2, 0.25) is 0 Å². The number of hydrogen-bond acceptors (Lipinski definition) is 4. The molecule has 0 unspecified atom stereocenters. The predicted molar refractivity (Wildman–Crippen MR) is 128 cm³/mol. The molecule has 0 saturated heterocycles. The number of aryl methyl sites for hydroxylation is 1. The number of fused-ring (bicyclic) bond motifs is 2. The Morgan fingerprint density at radius 3 is 2.61 bits per heavy atom. The van der Waals surface area contributed by atoms with Crippen molar-refractivity contribution < 1.29 is 22.0 Å². The topological polar surface area (TPSA) is 74.6 Å². The number of benzene rings is 2. The lowest BCUT2D eigenvalue weighted by Gasteiger charge is -2.23. The highest BCUT2D eigenvalue weighted by atomic mass is 19.4. The Labute approximate surface area is 211 Å². The molecule has 0 aliphatic carbocycles. The Morgan fingerprint density at radius 2 is 1.84 bits per heavy atom. The molecule has 0 radical (unpaired) electrons. The average Bonchev–Trinajstić information content (AvgIpc) is 3.55. The number of nitrogens with zero attached hydrogens (tertiary/aromatic N) is 6. The van der Waals surface area contributed by atoms with Crippen molar-refractivity contribution in [3.63, 3.8) is 0 Å². The minimum atomic E-state index is -4.92. The molecule has 3 aromatic heterocycles. The Kier molecular flexibility index (Phi) is 5.31. The molecular formula is C25H20F5N7O. The maximum Gasteiger partial charge on any atom is 0.419 e. The number of halogens is 5. The number of aromatic nitrogens is 6. The van der Waals surface area contributed by atoms with Gasteiger partial charge < -0.3 is 5.32 Å². The molecule has 1 atom stereocenters. The van der Waals surface area contributed by atoms with Crippen LogP contribution >= 0.6 is 0 Å². The first-order valence-corrected chi connectivity index (χ1v) is 11.7. The van der Waals surface area contributed by atoms with Gasteiger partial charge in [0.1, 0.15) is 17.2 Å². The Balaban J connectivity index is 1.57. The molecule has 13 heteroatoms. The summed E-state index contributed by atoms with van der Waals surface area (Å²) in [6, 6.07) is 5.40. The van der Waals surface area contributed by atoms with Crippen molar-refractivity contribution in [1.82, 2.24) is 34.0 Å². The molecule has 8 nitrogen and oxygen atoms in total. The third-order valence-corrected chi connectivity index (χ3v) is 6.82. The van der Waals surface area contributed by atoms with E-state index in [9.17, 15) is 22.4 Å². The summed E-state index contributed by atoms with van der Waals surface area (Å²) in [7, 11) is 1.67. The summed E-state index contributed by atoms with van der Waals surface area (Å²) in [5, 5.41) is 12.1. The van der Waals surface area contributed by atoms with Gasteiger partial charge in [-0.3, -0.25) is 18.5 Å². The van der Waals surface area contributed by atoms with Crippen molar-refractivity contribution >= 4 is 10.9 Å². The van der Waals surface area contributed by atoms with Gasteiger partial charge in [0, 0.05) is 37.6 Å². The fraction of sp³-hybridized carbons (Fsp3) is 0.240. The smallest absolute Gasteiger partial charge is 0.307 e. The number of nitrogens with one attached hydrogen (secondary N) is 1. The summed E-state index contributed by atoms with van der Waals surface area (Å²) in [6.45, 7) is 2.80. The lowest BCUT2D eigenvalue weighted by atomic mass is 10.0. The lowest BCUT2D eigenvalue weighted by Crippen LogP contribution is -2.33. The summed E-state index contributed by atoms with van der Waals surface area (Å²) >= 11 is 0. The van der Waals surface area contributed by atoms with E-state index in [1.807, 2.05) is 6.92 Å². The van der Waals surface area contributed by atoms with Crippen molar-refractivity contribution in [2.75, 3.05) is 6.54 Å². The van der Waals surface area contributed by atoms with E-state index >= 15 is 4.39 Å². The zero-order valence-corrected chi connectivity index (χ0v) is 20.1. The van der Waals surface area contributed by atoms with Gasteiger partial charge in [-0.2, -0.15) is 23.4 Å². The second-order valence-electron chi connectivity index (χ2n) is 9.09. The van der Waals surface area contributed by atoms with Crippen LogP contribution in [0.3, 0.4) is 0 Å². The Hall–Kier alpha value is -4.26. The number of rotatable bonds is 3. The van der Waals surface area contributed by atoms with Crippen LogP contribution in [0.15, 0.2) is 53.7 Å². The fourth-order valence-electron chi connectivity index (χ4n) is 4.97. The number of imidazole rings is 1. The van der Waals surface area contributed by atoms with E-state index in [4.69, 9.17) is 0 Å². The van der Waals surface area contributed by atoms with E-state index < -0.39 is 29.1 Å². The molecule has 1 N–H and O–H groups in total. The summed E-state index contributed by atoms with van der Waals surface area (Å²) < 4.78 is 75.4. The molecule has 1 aliphatic rings. The van der Waals surface area contributed by atoms with Gasteiger partial charge in [0.2, 0.25) is 0 Å². The summed E-state index contributed by atoms with van der Waals surface area (Å²) in [5.41, 5.74) is -0.694. The van der Waals surface area contributed by atoms with Crippen LogP contribution in [-0.4, -0.2) is 35.2 Å². The molecule has 0 amide bonds. The number of alkyl halides is 3. The fourth-order valence-corrected chi connectivity index (χ4v) is 4.97. The Bertz CT molecular complexity index is 1780. The van der Waals surface area contributed by atoms with Gasteiger partial charge in [0.15, 0.2) is 5.82 Å². The second kappa shape index (κ2) is 8.38. The summed E-state index contributed by atoms with van der Waals surface area (Å²) in [6.07, 6.45) is -0.769. The first-order chi connectivity index (χ1) is 18.1.